The number of rotatable bonds is 9. The minimum absolute atomic E-state index is 0.344. The Bertz CT molecular complexity index is 1250. The van der Waals surface area contributed by atoms with Gasteiger partial charge in [0.15, 0.2) is 0 Å². The maximum Gasteiger partial charge on any atom is 0.203 e. The smallest absolute Gasteiger partial charge is 0.203 e. The second-order valence-corrected chi connectivity index (χ2v) is 9.15. The summed E-state index contributed by atoms with van der Waals surface area (Å²) in [6.45, 7) is 6.77. The number of nitrogens with zero attached hydrogens (tertiary/aromatic N) is 2. The van der Waals surface area contributed by atoms with E-state index >= 15 is 0 Å². The van der Waals surface area contributed by atoms with E-state index in [9.17, 15) is 0 Å². The molecule has 1 aromatic heterocycles. The molecule has 174 valence electrons. The first-order valence-electron chi connectivity index (χ1n) is 11.2. The van der Waals surface area contributed by atoms with E-state index in [2.05, 4.69) is 54.5 Å². The van der Waals surface area contributed by atoms with Crippen LogP contribution in [0, 0.1) is 6.92 Å². The lowest BCUT2D eigenvalue weighted by molar-refractivity contribution is 0.370. The standard InChI is InChI=1S/C28H29N3O2S/c1-19(2)24-15-10-20(3)16-27(24)33-17-25(21-8-6-5-7-9-21)30-31-28-29-26(18-34-28)22-11-13-23(32-4)14-12-22/h5-16,18-19H,17H2,1-4H3,(H,29,31)/b30-25-. The van der Waals surface area contributed by atoms with Crippen LogP contribution in [0.3, 0.4) is 0 Å². The fourth-order valence-electron chi connectivity index (χ4n) is 3.54. The zero-order valence-corrected chi connectivity index (χ0v) is 20.7. The molecule has 0 aliphatic heterocycles. The molecular formula is C28H29N3O2S. The van der Waals surface area contributed by atoms with Crippen LogP contribution in [-0.4, -0.2) is 24.4 Å². The normalized spacial score (nSPS) is 11.5. The van der Waals surface area contributed by atoms with Crippen LogP contribution >= 0.6 is 11.3 Å². The van der Waals surface area contributed by atoms with Crippen molar-refractivity contribution in [1.82, 2.24) is 4.98 Å². The Morgan fingerprint density at radius 1 is 1.03 bits per heavy atom. The van der Waals surface area contributed by atoms with Crippen molar-refractivity contribution in [2.75, 3.05) is 19.1 Å². The molecule has 0 aliphatic rings. The molecular weight excluding hydrogens is 442 g/mol. The largest absolute Gasteiger partial charge is 0.497 e. The number of aromatic nitrogens is 1. The molecule has 0 atom stereocenters. The van der Waals surface area contributed by atoms with Crippen LogP contribution in [0.2, 0.25) is 0 Å². The summed E-state index contributed by atoms with van der Waals surface area (Å²) in [7, 11) is 1.66. The first-order chi connectivity index (χ1) is 16.5. The number of nitrogens with one attached hydrogen (secondary N) is 1. The molecule has 5 nitrogen and oxygen atoms in total. The highest BCUT2D eigenvalue weighted by Crippen LogP contribution is 2.28. The number of hydrogen-bond donors (Lipinski definition) is 1. The summed E-state index contributed by atoms with van der Waals surface area (Å²) >= 11 is 1.51. The average Bonchev–Trinajstić information content (AvgIpc) is 3.33. The molecule has 4 rings (SSSR count). The lowest BCUT2D eigenvalue weighted by Crippen LogP contribution is -2.16. The molecule has 0 bridgehead atoms. The summed E-state index contributed by atoms with van der Waals surface area (Å²) in [6, 6.07) is 24.3. The summed E-state index contributed by atoms with van der Waals surface area (Å²) in [5.41, 5.74) is 9.22. The molecule has 3 aromatic carbocycles. The van der Waals surface area contributed by atoms with Gasteiger partial charge in [0.05, 0.1) is 12.8 Å². The first kappa shape index (κ1) is 23.5. The van der Waals surface area contributed by atoms with Gasteiger partial charge in [0.2, 0.25) is 5.13 Å². The number of benzene rings is 3. The Balaban J connectivity index is 1.54. The minimum Gasteiger partial charge on any atom is -0.497 e. The highest BCUT2D eigenvalue weighted by molar-refractivity contribution is 7.14. The second kappa shape index (κ2) is 11.0. The Hall–Kier alpha value is -3.64. The van der Waals surface area contributed by atoms with Crippen molar-refractivity contribution in [3.05, 3.63) is 94.9 Å². The maximum atomic E-state index is 6.28. The number of hydrogen-bond acceptors (Lipinski definition) is 6. The fraction of sp³-hybridized carbons (Fsp3) is 0.214. The molecule has 0 amide bonds. The van der Waals surface area contributed by atoms with Crippen LogP contribution < -0.4 is 14.9 Å². The van der Waals surface area contributed by atoms with Gasteiger partial charge in [-0.3, -0.25) is 5.43 Å². The Kier molecular flexibility index (Phi) is 7.60. The topological polar surface area (TPSA) is 55.7 Å². The van der Waals surface area contributed by atoms with Gasteiger partial charge in [-0.05, 0) is 54.3 Å². The number of thiazole rings is 1. The highest BCUT2D eigenvalue weighted by Gasteiger charge is 2.12. The Morgan fingerprint density at radius 2 is 1.79 bits per heavy atom. The van der Waals surface area contributed by atoms with E-state index in [1.165, 1.54) is 22.5 Å². The number of aryl methyl sites for hydroxylation is 1. The van der Waals surface area contributed by atoms with Crippen molar-refractivity contribution in [3.63, 3.8) is 0 Å². The summed E-state index contributed by atoms with van der Waals surface area (Å²) in [4.78, 5) is 4.69. The van der Waals surface area contributed by atoms with Gasteiger partial charge in [0.1, 0.15) is 23.8 Å². The number of hydrazone groups is 1. The van der Waals surface area contributed by atoms with E-state index in [4.69, 9.17) is 9.47 Å². The summed E-state index contributed by atoms with van der Waals surface area (Å²) in [5.74, 6) is 2.09. The monoisotopic (exact) mass is 471 g/mol. The van der Waals surface area contributed by atoms with Crippen molar-refractivity contribution in [3.8, 4) is 22.8 Å². The Morgan fingerprint density at radius 3 is 2.50 bits per heavy atom. The van der Waals surface area contributed by atoms with Gasteiger partial charge in [-0.2, -0.15) is 5.10 Å². The van der Waals surface area contributed by atoms with E-state index in [-0.39, 0.29) is 0 Å². The molecule has 0 fully saturated rings. The molecule has 4 aromatic rings. The van der Waals surface area contributed by atoms with E-state index in [0.717, 1.165) is 39.2 Å². The number of anilines is 1. The first-order valence-corrected chi connectivity index (χ1v) is 12.1. The third kappa shape index (κ3) is 5.83. The molecule has 34 heavy (non-hydrogen) atoms. The van der Waals surface area contributed by atoms with Gasteiger partial charge in [0, 0.05) is 16.5 Å². The van der Waals surface area contributed by atoms with Crippen LogP contribution in [0.25, 0.3) is 11.3 Å². The van der Waals surface area contributed by atoms with Gasteiger partial charge in [-0.15, -0.1) is 11.3 Å². The van der Waals surface area contributed by atoms with Gasteiger partial charge in [0.25, 0.3) is 0 Å². The third-order valence-corrected chi connectivity index (χ3v) is 6.19. The molecule has 1 N–H and O–H groups in total. The third-order valence-electron chi connectivity index (χ3n) is 5.44. The minimum atomic E-state index is 0.344. The zero-order chi connectivity index (χ0) is 23.9. The number of ether oxygens (including phenoxy) is 2. The molecule has 0 saturated carbocycles. The van der Waals surface area contributed by atoms with Crippen molar-refractivity contribution in [1.29, 1.82) is 0 Å². The fourth-order valence-corrected chi connectivity index (χ4v) is 4.20. The van der Waals surface area contributed by atoms with E-state index in [1.807, 2.05) is 60.0 Å². The summed E-state index contributed by atoms with van der Waals surface area (Å²) in [6.07, 6.45) is 0. The van der Waals surface area contributed by atoms with Gasteiger partial charge in [-0.1, -0.05) is 56.3 Å². The average molecular weight is 472 g/mol. The van der Waals surface area contributed by atoms with Crippen LogP contribution in [0.4, 0.5) is 5.13 Å². The predicted octanol–water partition coefficient (Wildman–Crippen LogP) is 7.15. The van der Waals surface area contributed by atoms with E-state index in [1.54, 1.807) is 7.11 Å². The van der Waals surface area contributed by atoms with Crippen LogP contribution in [0.15, 0.2) is 83.3 Å². The molecule has 1 heterocycles. The number of methoxy groups -OCH3 is 1. The van der Waals surface area contributed by atoms with Crippen molar-refractivity contribution >= 4 is 22.2 Å². The van der Waals surface area contributed by atoms with E-state index < -0.39 is 0 Å². The van der Waals surface area contributed by atoms with Gasteiger partial charge in [-0.25, -0.2) is 4.98 Å². The van der Waals surface area contributed by atoms with Crippen molar-refractivity contribution < 1.29 is 9.47 Å². The van der Waals surface area contributed by atoms with Crippen molar-refractivity contribution in [2.45, 2.75) is 26.7 Å². The SMILES string of the molecule is COc1ccc(-c2csc(N/N=C(/COc3cc(C)ccc3C(C)C)c3ccccc3)n2)cc1. The summed E-state index contributed by atoms with van der Waals surface area (Å²) < 4.78 is 11.5. The van der Waals surface area contributed by atoms with Crippen LogP contribution in [0.5, 0.6) is 11.5 Å². The van der Waals surface area contributed by atoms with E-state index in [0.29, 0.717) is 12.5 Å². The van der Waals surface area contributed by atoms with Gasteiger partial charge < -0.3 is 9.47 Å². The van der Waals surface area contributed by atoms with Gasteiger partial charge >= 0.3 is 0 Å². The summed E-state index contributed by atoms with van der Waals surface area (Å²) in [5, 5.41) is 7.41. The second-order valence-electron chi connectivity index (χ2n) is 8.29. The predicted molar refractivity (Wildman–Crippen MR) is 141 cm³/mol. The van der Waals surface area contributed by atoms with Crippen LogP contribution in [0.1, 0.15) is 36.5 Å². The lowest BCUT2D eigenvalue weighted by Gasteiger charge is -2.16. The highest BCUT2D eigenvalue weighted by atomic mass is 32.1. The van der Waals surface area contributed by atoms with Crippen LogP contribution in [-0.2, 0) is 0 Å². The quantitative estimate of drug-likeness (QED) is 0.208. The lowest BCUT2D eigenvalue weighted by atomic mass is 10.0. The van der Waals surface area contributed by atoms with Crippen molar-refractivity contribution in [2.24, 2.45) is 5.10 Å². The molecule has 0 radical (unpaired) electrons. The molecule has 0 saturated heterocycles. The molecule has 6 heteroatoms. The molecule has 0 spiro atoms. The molecule has 0 aliphatic carbocycles. The zero-order valence-electron chi connectivity index (χ0n) is 19.9. The Labute approximate surface area is 205 Å². The maximum absolute atomic E-state index is 6.28. The molecule has 0 unspecified atom stereocenters.